The van der Waals surface area contributed by atoms with E-state index in [0.29, 0.717) is 112 Å². The zero-order valence-electron chi connectivity index (χ0n) is 27.1. The molecule has 42 heavy (non-hydrogen) atoms. The van der Waals surface area contributed by atoms with Crippen LogP contribution < -0.4 is 0 Å². The van der Waals surface area contributed by atoms with Gasteiger partial charge in [0, 0.05) is 13.0 Å². The molecule has 0 heterocycles. The van der Waals surface area contributed by atoms with Crippen molar-refractivity contribution in [3.63, 3.8) is 0 Å². The molecule has 0 saturated carbocycles. The number of esters is 1. The maximum Gasteiger partial charge on any atom is 0.305 e. The highest BCUT2D eigenvalue weighted by Crippen LogP contribution is 2.10. The maximum atomic E-state index is 11.8. The Labute approximate surface area is 256 Å². The van der Waals surface area contributed by atoms with E-state index in [0.717, 1.165) is 32.3 Å². The molecule has 0 radical (unpaired) electrons. The highest BCUT2D eigenvalue weighted by Gasteiger charge is 2.03. The lowest BCUT2D eigenvalue weighted by molar-refractivity contribution is -0.145. The summed E-state index contributed by atoms with van der Waals surface area (Å²) >= 11 is 0. The normalized spacial score (nSPS) is 11.4. The van der Waals surface area contributed by atoms with Crippen LogP contribution in [0.4, 0.5) is 0 Å². The summed E-state index contributed by atoms with van der Waals surface area (Å²) in [5.41, 5.74) is 0. The predicted octanol–water partition coefficient (Wildman–Crippen LogP) is 5.38. The van der Waals surface area contributed by atoms with Gasteiger partial charge in [0.15, 0.2) is 0 Å². The molecular formula is C32H64O10. The van der Waals surface area contributed by atoms with Crippen LogP contribution in [0.2, 0.25) is 0 Å². The molecule has 0 atom stereocenters. The van der Waals surface area contributed by atoms with Gasteiger partial charge in [0.05, 0.1) is 99.1 Å². The van der Waals surface area contributed by atoms with Crippen LogP contribution in [0, 0.1) is 0 Å². The molecule has 0 aliphatic carbocycles. The number of rotatable bonds is 37. The Morgan fingerprint density at radius 1 is 0.333 bits per heavy atom. The van der Waals surface area contributed by atoms with E-state index in [2.05, 4.69) is 13.8 Å². The summed E-state index contributed by atoms with van der Waals surface area (Å²) in [6.07, 6.45) is 13.9. The average Bonchev–Trinajstić information content (AvgIpc) is 3.00. The standard InChI is InChI=1S/C32H64O10/c1-3-5-7-8-9-10-11-12-13-14-32(33)42-31-30-41-29-28-40-27-26-39-25-24-38-23-22-37-21-20-36-19-18-35-17-16-34-15-6-4-2/h3-31H2,1-2H3. The highest BCUT2D eigenvalue weighted by atomic mass is 16.6. The Bertz CT molecular complexity index is 510. The average molecular weight is 609 g/mol. The third kappa shape index (κ3) is 37.2. The maximum absolute atomic E-state index is 11.8. The van der Waals surface area contributed by atoms with Crippen molar-refractivity contribution >= 4 is 5.97 Å². The molecule has 0 aromatic carbocycles. The van der Waals surface area contributed by atoms with Crippen LogP contribution in [0.3, 0.4) is 0 Å². The van der Waals surface area contributed by atoms with Gasteiger partial charge in [0.25, 0.3) is 0 Å². The molecule has 0 aromatic rings. The summed E-state index contributed by atoms with van der Waals surface area (Å²) < 4.78 is 48.8. The van der Waals surface area contributed by atoms with E-state index in [1.54, 1.807) is 0 Å². The predicted molar refractivity (Wildman–Crippen MR) is 164 cm³/mol. The van der Waals surface area contributed by atoms with Gasteiger partial charge in [-0.05, 0) is 12.8 Å². The van der Waals surface area contributed by atoms with Crippen molar-refractivity contribution < 1.29 is 47.4 Å². The number of carbonyl (C=O) groups excluding carboxylic acids is 1. The van der Waals surface area contributed by atoms with Gasteiger partial charge in [-0.15, -0.1) is 0 Å². The first kappa shape index (κ1) is 41.1. The third-order valence-corrected chi connectivity index (χ3v) is 6.22. The first-order valence-electron chi connectivity index (χ1n) is 16.6. The second-order valence-electron chi connectivity index (χ2n) is 10.1. The van der Waals surface area contributed by atoms with E-state index in [4.69, 9.17) is 42.6 Å². The van der Waals surface area contributed by atoms with Crippen LogP contribution in [0.1, 0.15) is 90.9 Å². The monoisotopic (exact) mass is 608 g/mol. The van der Waals surface area contributed by atoms with Crippen LogP contribution in [0.25, 0.3) is 0 Å². The molecular weight excluding hydrogens is 544 g/mol. The van der Waals surface area contributed by atoms with E-state index in [1.807, 2.05) is 0 Å². The molecule has 0 spiro atoms. The summed E-state index contributed by atoms with van der Waals surface area (Å²) in [6, 6.07) is 0. The fourth-order valence-electron chi connectivity index (χ4n) is 3.75. The minimum Gasteiger partial charge on any atom is -0.463 e. The smallest absolute Gasteiger partial charge is 0.305 e. The van der Waals surface area contributed by atoms with Crippen LogP contribution in [-0.2, 0) is 47.4 Å². The van der Waals surface area contributed by atoms with E-state index in [-0.39, 0.29) is 5.97 Å². The van der Waals surface area contributed by atoms with Crippen molar-refractivity contribution in [3.05, 3.63) is 0 Å². The first-order chi connectivity index (χ1) is 20.8. The molecule has 0 amide bonds. The molecule has 0 fully saturated rings. The molecule has 10 heteroatoms. The van der Waals surface area contributed by atoms with Gasteiger partial charge in [-0.1, -0.05) is 71.6 Å². The van der Waals surface area contributed by atoms with Gasteiger partial charge >= 0.3 is 5.97 Å². The summed E-state index contributed by atoms with van der Waals surface area (Å²) in [6.45, 7) is 13.3. The second-order valence-corrected chi connectivity index (χ2v) is 10.1. The van der Waals surface area contributed by atoms with Crippen LogP contribution in [0.15, 0.2) is 0 Å². The molecule has 0 saturated heterocycles. The molecule has 0 bridgehead atoms. The van der Waals surface area contributed by atoms with Crippen molar-refractivity contribution in [3.8, 4) is 0 Å². The van der Waals surface area contributed by atoms with Crippen molar-refractivity contribution in [2.75, 3.05) is 112 Å². The van der Waals surface area contributed by atoms with Gasteiger partial charge < -0.3 is 42.6 Å². The molecule has 252 valence electrons. The Morgan fingerprint density at radius 3 is 0.976 bits per heavy atom. The van der Waals surface area contributed by atoms with Gasteiger partial charge in [-0.2, -0.15) is 0 Å². The molecule has 0 N–H and O–H groups in total. The van der Waals surface area contributed by atoms with Crippen LogP contribution in [0.5, 0.6) is 0 Å². The Kier molecular flexibility index (Phi) is 37.4. The number of hydrogen-bond acceptors (Lipinski definition) is 10. The Balaban J connectivity index is 3.11. The first-order valence-corrected chi connectivity index (χ1v) is 16.6. The zero-order valence-corrected chi connectivity index (χ0v) is 27.1. The minimum absolute atomic E-state index is 0.131. The quantitative estimate of drug-likeness (QED) is 0.0675. The highest BCUT2D eigenvalue weighted by molar-refractivity contribution is 5.69. The topological polar surface area (TPSA) is 100 Å². The molecule has 10 nitrogen and oxygen atoms in total. The Hall–Kier alpha value is -0.850. The number of ether oxygens (including phenoxy) is 9. The lowest BCUT2D eigenvalue weighted by Crippen LogP contribution is -2.15. The van der Waals surface area contributed by atoms with E-state index < -0.39 is 0 Å². The van der Waals surface area contributed by atoms with Crippen molar-refractivity contribution in [2.45, 2.75) is 90.9 Å². The van der Waals surface area contributed by atoms with Crippen molar-refractivity contribution in [1.29, 1.82) is 0 Å². The summed E-state index contributed by atoms with van der Waals surface area (Å²) in [5, 5.41) is 0. The molecule has 0 aromatic heterocycles. The molecule has 0 unspecified atom stereocenters. The summed E-state index contributed by atoms with van der Waals surface area (Å²) in [4.78, 5) is 11.8. The molecule has 0 rings (SSSR count). The van der Waals surface area contributed by atoms with E-state index >= 15 is 0 Å². The number of hydrogen-bond donors (Lipinski definition) is 0. The third-order valence-electron chi connectivity index (χ3n) is 6.22. The van der Waals surface area contributed by atoms with Gasteiger partial charge in [-0.3, -0.25) is 4.79 Å². The van der Waals surface area contributed by atoms with E-state index in [1.165, 1.54) is 44.9 Å². The van der Waals surface area contributed by atoms with Crippen LogP contribution >= 0.6 is 0 Å². The van der Waals surface area contributed by atoms with Crippen molar-refractivity contribution in [2.24, 2.45) is 0 Å². The van der Waals surface area contributed by atoms with E-state index in [9.17, 15) is 4.79 Å². The summed E-state index contributed by atoms with van der Waals surface area (Å²) in [5.74, 6) is -0.131. The molecule has 0 aliphatic rings. The largest absolute Gasteiger partial charge is 0.463 e. The van der Waals surface area contributed by atoms with Gasteiger partial charge in [-0.25, -0.2) is 0 Å². The van der Waals surface area contributed by atoms with Gasteiger partial charge in [0.1, 0.15) is 6.61 Å². The fourth-order valence-corrected chi connectivity index (χ4v) is 3.75. The number of carbonyl (C=O) groups is 1. The minimum atomic E-state index is -0.131. The van der Waals surface area contributed by atoms with Crippen LogP contribution in [-0.4, -0.2) is 118 Å². The van der Waals surface area contributed by atoms with Crippen molar-refractivity contribution in [1.82, 2.24) is 0 Å². The Morgan fingerprint density at radius 2 is 0.619 bits per heavy atom. The SMILES string of the molecule is CCCCCCCCCCCC(=O)OCCOCCOCCOCCOCCOCCOCCOCCOCCCC. The number of unbranched alkanes of at least 4 members (excludes halogenated alkanes) is 9. The second kappa shape index (κ2) is 38.2. The summed E-state index contributed by atoms with van der Waals surface area (Å²) in [7, 11) is 0. The lowest BCUT2D eigenvalue weighted by Gasteiger charge is -2.09. The molecule has 0 aliphatic heterocycles. The fraction of sp³-hybridized carbons (Fsp3) is 0.969. The zero-order chi connectivity index (χ0) is 30.4. The lowest BCUT2D eigenvalue weighted by atomic mass is 10.1. The van der Waals surface area contributed by atoms with Gasteiger partial charge in [0.2, 0.25) is 0 Å².